The molecule has 1 amide bonds. The van der Waals surface area contributed by atoms with Crippen LogP contribution in [0.15, 0.2) is 29.4 Å². The van der Waals surface area contributed by atoms with Crippen molar-refractivity contribution in [2.24, 2.45) is 11.8 Å². The van der Waals surface area contributed by atoms with E-state index in [0.29, 0.717) is 24.9 Å². The number of carbonyl (C=O) groups excluding carboxylic acids is 1. The Balaban J connectivity index is 2.19. The molecule has 6 heteroatoms. The molecule has 21 heavy (non-hydrogen) atoms. The highest BCUT2D eigenvalue weighted by Gasteiger charge is 2.36. The van der Waals surface area contributed by atoms with Gasteiger partial charge in [-0.25, -0.2) is 13.4 Å². The lowest BCUT2D eigenvalue weighted by molar-refractivity contribution is -0.133. The van der Waals surface area contributed by atoms with E-state index in [0.717, 1.165) is 6.42 Å². The first-order chi connectivity index (χ1) is 9.82. The zero-order chi connectivity index (χ0) is 15.6. The molecule has 0 aliphatic carbocycles. The van der Waals surface area contributed by atoms with Crippen LogP contribution in [0, 0.1) is 11.8 Å². The van der Waals surface area contributed by atoms with E-state index in [1.54, 1.807) is 17.0 Å². The van der Waals surface area contributed by atoms with Crippen LogP contribution >= 0.6 is 0 Å². The summed E-state index contributed by atoms with van der Waals surface area (Å²) in [6.07, 6.45) is 2.50. The number of piperidine rings is 1. The highest BCUT2D eigenvalue weighted by Crippen LogP contribution is 2.23. The lowest BCUT2D eigenvalue weighted by atomic mass is 9.92. The normalized spacial score (nSPS) is 24.6. The Morgan fingerprint density at radius 1 is 1.29 bits per heavy atom. The summed E-state index contributed by atoms with van der Waals surface area (Å²) in [6, 6.07) is 4.70. The third-order valence-corrected chi connectivity index (χ3v) is 5.88. The van der Waals surface area contributed by atoms with Gasteiger partial charge in [0.15, 0.2) is 5.03 Å². The Kier molecular flexibility index (Phi) is 4.66. The van der Waals surface area contributed by atoms with Crippen molar-refractivity contribution in [1.82, 2.24) is 9.88 Å². The molecule has 0 N–H and O–H groups in total. The quantitative estimate of drug-likeness (QED) is 0.853. The van der Waals surface area contributed by atoms with E-state index in [-0.39, 0.29) is 10.9 Å². The summed E-state index contributed by atoms with van der Waals surface area (Å²) in [6.45, 7) is 6.90. The van der Waals surface area contributed by atoms with Crippen LogP contribution in [0.3, 0.4) is 0 Å². The number of nitrogens with zero attached hydrogens (tertiary/aromatic N) is 2. The van der Waals surface area contributed by atoms with Crippen molar-refractivity contribution in [3.8, 4) is 0 Å². The number of hydrogen-bond acceptors (Lipinski definition) is 4. The highest BCUT2D eigenvalue weighted by atomic mass is 32.2. The van der Waals surface area contributed by atoms with Gasteiger partial charge in [-0.05, 0) is 37.3 Å². The van der Waals surface area contributed by atoms with Gasteiger partial charge < -0.3 is 4.90 Å². The van der Waals surface area contributed by atoms with Crippen LogP contribution < -0.4 is 0 Å². The lowest BCUT2D eigenvalue weighted by Crippen LogP contribution is -2.48. The summed E-state index contributed by atoms with van der Waals surface area (Å²) < 4.78 is 24.9. The predicted octanol–water partition coefficient (Wildman–Crippen LogP) is 1.75. The SMILES string of the molecule is CC1CC(C)CN(C(=O)C(C)S(=O)(=O)c2ccccn2)C1. The summed E-state index contributed by atoms with van der Waals surface area (Å²) in [7, 11) is -3.72. The van der Waals surface area contributed by atoms with Gasteiger partial charge in [0.1, 0.15) is 5.25 Å². The molecule has 0 spiro atoms. The monoisotopic (exact) mass is 310 g/mol. The van der Waals surface area contributed by atoms with Crippen molar-refractivity contribution < 1.29 is 13.2 Å². The summed E-state index contributed by atoms with van der Waals surface area (Å²) >= 11 is 0. The second-order valence-corrected chi connectivity index (χ2v) is 8.26. The van der Waals surface area contributed by atoms with Crippen LogP contribution in [0.1, 0.15) is 27.2 Å². The second kappa shape index (κ2) is 6.13. The van der Waals surface area contributed by atoms with E-state index in [9.17, 15) is 13.2 Å². The molecule has 1 aliphatic rings. The molecule has 0 bridgehead atoms. The fourth-order valence-electron chi connectivity index (χ4n) is 2.93. The minimum atomic E-state index is -3.72. The Bertz CT molecular complexity index is 591. The molecule has 116 valence electrons. The first kappa shape index (κ1) is 15.9. The zero-order valence-corrected chi connectivity index (χ0v) is 13.5. The van der Waals surface area contributed by atoms with Crippen molar-refractivity contribution in [2.45, 2.75) is 37.5 Å². The Morgan fingerprint density at radius 3 is 2.43 bits per heavy atom. The molecule has 0 aromatic carbocycles. The molecule has 1 aliphatic heterocycles. The fourth-order valence-corrected chi connectivity index (χ4v) is 4.18. The molecular weight excluding hydrogens is 288 g/mol. The summed E-state index contributed by atoms with van der Waals surface area (Å²) in [5.41, 5.74) is 0. The summed E-state index contributed by atoms with van der Waals surface area (Å²) in [5.74, 6) is 0.490. The first-order valence-electron chi connectivity index (χ1n) is 7.26. The standard InChI is InChI=1S/C15H22N2O3S/c1-11-8-12(2)10-17(9-11)15(18)13(3)21(19,20)14-6-4-5-7-16-14/h4-7,11-13H,8-10H2,1-3H3. The first-order valence-corrected chi connectivity index (χ1v) is 8.80. The molecule has 5 nitrogen and oxygen atoms in total. The Hall–Kier alpha value is -1.43. The van der Waals surface area contributed by atoms with Gasteiger partial charge in [-0.1, -0.05) is 19.9 Å². The molecule has 3 atom stereocenters. The van der Waals surface area contributed by atoms with Gasteiger partial charge in [0.25, 0.3) is 0 Å². The maximum atomic E-state index is 12.5. The third kappa shape index (κ3) is 3.43. The van der Waals surface area contributed by atoms with E-state index in [1.807, 2.05) is 0 Å². The lowest BCUT2D eigenvalue weighted by Gasteiger charge is -2.36. The molecule has 0 saturated carbocycles. The topological polar surface area (TPSA) is 67.3 Å². The number of hydrogen-bond donors (Lipinski definition) is 0. The average Bonchev–Trinajstić information content (AvgIpc) is 2.45. The van der Waals surface area contributed by atoms with E-state index in [2.05, 4.69) is 18.8 Å². The van der Waals surface area contributed by atoms with E-state index >= 15 is 0 Å². The summed E-state index contributed by atoms with van der Waals surface area (Å²) in [4.78, 5) is 18.1. The van der Waals surface area contributed by atoms with Crippen LogP contribution in [0.2, 0.25) is 0 Å². The number of carbonyl (C=O) groups is 1. The number of likely N-dealkylation sites (tertiary alicyclic amines) is 1. The van der Waals surface area contributed by atoms with Crippen molar-refractivity contribution >= 4 is 15.7 Å². The minimum absolute atomic E-state index is 0.0380. The Morgan fingerprint density at radius 2 is 1.90 bits per heavy atom. The van der Waals surface area contributed by atoms with Crippen molar-refractivity contribution in [2.75, 3.05) is 13.1 Å². The van der Waals surface area contributed by atoms with E-state index in [1.165, 1.54) is 19.2 Å². The summed E-state index contributed by atoms with van der Waals surface area (Å²) in [5, 5.41) is -1.13. The molecule has 3 unspecified atom stereocenters. The predicted molar refractivity (Wildman–Crippen MR) is 80.4 cm³/mol. The number of amides is 1. The van der Waals surface area contributed by atoms with Crippen molar-refractivity contribution in [1.29, 1.82) is 0 Å². The number of pyridine rings is 1. The molecule has 2 rings (SSSR count). The highest BCUT2D eigenvalue weighted by molar-refractivity contribution is 7.92. The number of rotatable bonds is 3. The maximum absolute atomic E-state index is 12.5. The van der Waals surface area contributed by atoms with Gasteiger partial charge >= 0.3 is 0 Å². The van der Waals surface area contributed by atoms with Crippen LogP contribution in [-0.4, -0.2) is 42.5 Å². The molecule has 1 aromatic heterocycles. The molecule has 1 saturated heterocycles. The van der Waals surface area contributed by atoms with E-state index < -0.39 is 15.1 Å². The molecule has 2 heterocycles. The fraction of sp³-hybridized carbons (Fsp3) is 0.600. The largest absolute Gasteiger partial charge is 0.341 e. The van der Waals surface area contributed by atoms with Crippen LogP contribution in [0.4, 0.5) is 0 Å². The minimum Gasteiger partial charge on any atom is -0.341 e. The Labute approximate surface area is 126 Å². The number of aromatic nitrogens is 1. The van der Waals surface area contributed by atoms with E-state index in [4.69, 9.17) is 0 Å². The van der Waals surface area contributed by atoms with Gasteiger partial charge in [0.05, 0.1) is 0 Å². The van der Waals surface area contributed by atoms with Crippen molar-refractivity contribution in [3.63, 3.8) is 0 Å². The van der Waals surface area contributed by atoms with Crippen molar-refractivity contribution in [3.05, 3.63) is 24.4 Å². The van der Waals surface area contributed by atoms with Gasteiger partial charge in [-0.2, -0.15) is 0 Å². The average molecular weight is 310 g/mol. The van der Waals surface area contributed by atoms with Crippen LogP contribution in [0.25, 0.3) is 0 Å². The molecule has 1 aromatic rings. The van der Waals surface area contributed by atoms with Crippen LogP contribution in [-0.2, 0) is 14.6 Å². The van der Waals surface area contributed by atoms with Gasteiger partial charge in [-0.15, -0.1) is 0 Å². The number of sulfone groups is 1. The molecule has 0 radical (unpaired) electrons. The smallest absolute Gasteiger partial charge is 0.241 e. The molecular formula is C15H22N2O3S. The second-order valence-electron chi connectivity index (χ2n) is 6.04. The third-order valence-electron chi connectivity index (χ3n) is 3.92. The maximum Gasteiger partial charge on any atom is 0.241 e. The van der Waals surface area contributed by atoms with Gasteiger partial charge in [-0.3, -0.25) is 4.79 Å². The molecule has 1 fully saturated rings. The van der Waals surface area contributed by atoms with Gasteiger partial charge in [0, 0.05) is 19.3 Å². The van der Waals surface area contributed by atoms with Crippen LogP contribution in [0.5, 0.6) is 0 Å². The zero-order valence-electron chi connectivity index (χ0n) is 12.7. The van der Waals surface area contributed by atoms with Gasteiger partial charge in [0.2, 0.25) is 15.7 Å².